The molecular formula is C18H24N2O4S. The van der Waals surface area contributed by atoms with Crippen molar-refractivity contribution in [2.24, 2.45) is 11.5 Å². The first-order chi connectivity index (χ1) is 11.5. The smallest absolute Gasteiger partial charge is 0.261 e. The third kappa shape index (κ3) is 8.99. The van der Waals surface area contributed by atoms with Crippen molar-refractivity contribution >= 4 is 16.0 Å². The molecule has 1 atom stereocenters. The highest BCUT2D eigenvalue weighted by Gasteiger charge is 2.25. The van der Waals surface area contributed by atoms with Crippen molar-refractivity contribution < 1.29 is 17.8 Å². The van der Waals surface area contributed by atoms with Gasteiger partial charge >= 0.3 is 0 Å². The van der Waals surface area contributed by atoms with Crippen LogP contribution in [0.5, 0.6) is 0 Å². The number of rotatable bonds is 5. The lowest BCUT2D eigenvalue weighted by Gasteiger charge is -2.20. The minimum Gasteiger partial charge on any atom is -0.368 e. The van der Waals surface area contributed by atoms with E-state index in [1.54, 1.807) is 6.92 Å². The molecule has 0 aliphatic rings. The zero-order valence-electron chi connectivity index (χ0n) is 14.3. The molecule has 5 N–H and O–H groups in total. The van der Waals surface area contributed by atoms with E-state index in [-0.39, 0.29) is 0 Å². The lowest BCUT2D eigenvalue weighted by Crippen LogP contribution is -2.51. The molecule has 136 valence electrons. The van der Waals surface area contributed by atoms with Gasteiger partial charge in [0.2, 0.25) is 5.91 Å². The molecule has 6 nitrogen and oxygen atoms in total. The molecule has 0 aromatic heterocycles. The molecule has 0 aliphatic carbocycles. The van der Waals surface area contributed by atoms with Crippen LogP contribution in [0.1, 0.15) is 23.6 Å². The van der Waals surface area contributed by atoms with Gasteiger partial charge < -0.3 is 11.5 Å². The molecule has 0 bridgehead atoms. The molecule has 2 aromatic carbocycles. The molecule has 25 heavy (non-hydrogen) atoms. The molecule has 0 aliphatic heterocycles. The number of benzene rings is 2. The van der Waals surface area contributed by atoms with E-state index in [4.69, 9.17) is 16.0 Å². The van der Waals surface area contributed by atoms with Crippen molar-refractivity contribution in [2.45, 2.75) is 25.3 Å². The monoisotopic (exact) mass is 364 g/mol. The minimum atomic E-state index is -3.67. The Bertz CT molecular complexity index is 778. The number of hydrogen-bond acceptors (Lipinski definition) is 4. The standard InChI is InChI=1S/C17H20N2O.CH4O3S/c1-17(19,16(18)20)12-15-9-7-14(8-10-15)11-13-5-3-2-4-6-13;1-5(2,3)4/h2-10H,11-12,19H2,1H3,(H2,18,20);1H3,(H,2,3,4)/t17-;/m0./s1. The predicted octanol–water partition coefficient (Wildman–Crippen LogP) is 1.53. The summed E-state index contributed by atoms with van der Waals surface area (Å²) in [5, 5.41) is 0. The van der Waals surface area contributed by atoms with Crippen molar-refractivity contribution in [3.05, 3.63) is 71.3 Å². The maximum atomic E-state index is 11.2. The number of amides is 1. The highest BCUT2D eigenvalue weighted by atomic mass is 32.2. The molecule has 0 fully saturated rings. The van der Waals surface area contributed by atoms with Crippen LogP contribution >= 0.6 is 0 Å². The van der Waals surface area contributed by atoms with Gasteiger partial charge in [0.15, 0.2) is 0 Å². The highest BCUT2D eigenvalue weighted by molar-refractivity contribution is 7.85. The van der Waals surface area contributed by atoms with Crippen LogP contribution in [0.15, 0.2) is 54.6 Å². The van der Waals surface area contributed by atoms with Crippen molar-refractivity contribution in [2.75, 3.05) is 6.26 Å². The Balaban J connectivity index is 0.000000550. The second kappa shape index (κ2) is 8.75. The molecule has 0 saturated heterocycles. The van der Waals surface area contributed by atoms with E-state index in [0.29, 0.717) is 12.7 Å². The first-order valence-electron chi connectivity index (χ1n) is 7.60. The van der Waals surface area contributed by atoms with Crippen molar-refractivity contribution in [3.63, 3.8) is 0 Å². The molecule has 1 amide bonds. The first-order valence-corrected chi connectivity index (χ1v) is 9.45. The van der Waals surface area contributed by atoms with Crippen molar-refractivity contribution in [1.82, 2.24) is 0 Å². The lowest BCUT2D eigenvalue weighted by molar-refractivity contribution is -0.122. The largest absolute Gasteiger partial charge is 0.368 e. The van der Waals surface area contributed by atoms with E-state index < -0.39 is 21.6 Å². The third-order valence-electron chi connectivity index (χ3n) is 3.41. The fourth-order valence-corrected chi connectivity index (χ4v) is 2.12. The van der Waals surface area contributed by atoms with E-state index in [2.05, 4.69) is 24.3 Å². The van der Waals surface area contributed by atoms with Gasteiger partial charge in [0.25, 0.3) is 10.1 Å². The molecular weight excluding hydrogens is 340 g/mol. The number of carbonyl (C=O) groups is 1. The van der Waals surface area contributed by atoms with E-state index in [9.17, 15) is 13.2 Å². The Morgan fingerprint density at radius 3 is 1.84 bits per heavy atom. The topological polar surface area (TPSA) is 123 Å². The van der Waals surface area contributed by atoms with Gasteiger partial charge in [-0.1, -0.05) is 54.6 Å². The van der Waals surface area contributed by atoms with Crippen LogP contribution in [0, 0.1) is 0 Å². The highest BCUT2D eigenvalue weighted by Crippen LogP contribution is 2.14. The van der Waals surface area contributed by atoms with Gasteiger partial charge in [0, 0.05) is 0 Å². The van der Waals surface area contributed by atoms with E-state index in [0.717, 1.165) is 12.0 Å². The van der Waals surface area contributed by atoms with E-state index in [1.165, 1.54) is 11.1 Å². The summed E-state index contributed by atoms with van der Waals surface area (Å²) in [4.78, 5) is 11.2. The average Bonchev–Trinajstić information content (AvgIpc) is 2.48. The van der Waals surface area contributed by atoms with Gasteiger partial charge in [-0.05, 0) is 36.5 Å². The van der Waals surface area contributed by atoms with E-state index >= 15 is 0 Å². The second-order valence-corrected chi connectivity index (χ2v) is 7.64. The Morgan fingerprint density at radius 2 is 1.40 bits per heavy atom. The molecule has 0 heterocycles. The Morgan fingerprint density at radius 1 is 1.00 bits per heavy atom. The summed E-state index contributed by atoms with van der Waals surface area (Å²) in [6.45, 7) is 1.66. The number of nitrogens with two attached hydrogens (primary N) is 2. The molecule has 7 heteroatoms. The van der Waals surface area contributed by atoms with Crippen LogP contribution in [-0.2, 0) is 27.8 Å². The predicted molar refractivity (Wildman–Crippen MR) is 98.7 cm³/mol. The minimum absolute atomic E-state index is 0.452. The average molecular weight is 364 g/mol. The summed E-state index contributed by atoms with van der Waals surface area (Å²) < 4.78 is 25.9. The summed E-state index contributed by atoms with van der Waals surface area (Å²) in [7, 11) is -3.67. The van der Waals surface area contributed by atoms with Crippen LogP contribution in [0.3, 0.4) is 0 Å². The van der Waals surface area contributed by atoms with Gasteiger partial charge in [-0.15, -0.1) is 0 Å². The second-order valence-electron chi connectivity index (χ2n) is 6.17. The molecule has 0 saturated carbocycles. The van der Waals surface area contributed by atoms with Crippen LogP contribution in [-0.4, -0.2) is 30.7 Å². The quantitative estimate of drug-likeness (QED) is 0.694. The van der Waals surface area contributed by atoms with Crippen LogP contribution in [0.25, 0.3) is 0 Å². The molecule has 0 radical (unpaired) electrons. The number of hydrogen-bond donors (Lipinski definition) is 3. The summed E-state index contributed by atoms with van der Waals surface area (Å²) in [5.41, 5.74) is 13.7. The Hall–Kier alpha value is -2.22. The van der Waals surface area contributed by atoms with Gasteiger partial charge in [0.1, 0.15) is 0 Å². The summed E-state index contributed by atoms with van der Waals surface area (Å²) in [6, 6.07) is 18.5. The van der Waals surface area contributed by atoms with Crippen molar-refractivity contribution in [1.29, 1.82) is 0 Å². The van der Waals surface area contributed by atoms with Gasteiger partial charge in [-0.25, -0.2) is 0 Å². The molecule has 2 rings (SSSR count). The summed E-state index contributed by atoms with van der Waals surface area (Å²) in [6.07, 6.45) is 2.07. The fraction of sp³-hybridized carbons (Fsp3) is 0.278. The summed E-state index contributed by atoms with van der Waals surface area (Å²) in [5.74, 6) is -0.481. The number of carbonyl (C=O) groups excluding carboxylic acids is 1. The van der Waals surface area contributed by atoms with Crippen LogP contribution < -0.4 is 11.5 Å². The van der Waals surface area contributed by atoms with Gasteiger partial charge in [-0.3, -0.25) is 9.35 Å². The van der Waals surface area contributed by atoms with Crippen LogP contribution in [0.4, 0.5) is 0 Å². The van der Waals surface area contributed by atoms with Gasteiger partial charge in [-0.2, -0.15) is 8.42 Å². The molecule has 0 unspecified atom stereocenters. The fourth-order valence-electron chi connectivity index (χ4n) is 2.12. The Labute approximate surface area is 148 Å². The SMILES string of the molecule is CS(=O)(=O)O.C[C@](N)(Cc1ccc(Cc2ccccc2)cc1)C(N)=O. The third-order valence-corrected chi connectivity index (χ3v) is 3.41. The maximum Gasteiger partial charge on any atom is 0.261 e. The van der Waals surface area contributed by atoms with E-state index in [1.807, 2.05) is 30.3 Å². The van der Waals surface area contributed by atoms with Crippen molar-refractivity contribution in [3.8, 4) is 0 Å². The zero-order valence-corrected chi connectivity index (χ0v) is 15.2. The molecule has 0 spiro atoms. The van der Waals surface area contributed by atoms with Crippen LogP contribution in [0.2, 0.25) is 0 Å². The lowest BCUT2D eigenvalue weighted by atomic mass is 9.92. The Kier molecular flexibility index (Phi) is 7.29. The zero-order chi connectivity index (χ0) is 19.1. The maximum absolute atomic E-state index is 11.2. The normalized spacial score (nSPS) is 13.3. The van der Waals surface area contributed by atoms with Gasteiger partial charge in [0.05, 0.1) is 11.8 Å². The number of primary amides is 1. The first kappa shape index (κ1) is 20.8. The summed E-state index contributed by atoms with van der Waals surface area (Å²) >= 11 is 0. The molecule has 2 aromatic rings.